The third-order valence-electron chi connectivity index (χ3n) is 5.69. The van der Waals surface area contributed by atoms with E-state index in [1.165, 1.54) is 10.7 Å². The van der Waals surface area contributed by atoms with Crippen molar-refractivity contribution in [3.8, 4) is 0 Å². The first-order valence-corrected chi connectivity index (χ1v) is 10.1. The van der Waals surface area contributed by atoms with Gasteiger partial charge in [-0.15, -0.1) is 0 Å². The highest BCUT2D eigenvalue weighted by Gasteiger charge is 2.25. The monoisotopic (exact) mass is 419 g/mol. The maximum Gasteiger partial charge on any atom is 0.259 e. The first-order chi connectivity index (χ1) is 15.0. The number of anilines is 2. The standard InChI is InChI=1S/C22H22FN7O/c1-24-14-5-7-30(12-14)21-16-4-3-6-25-20(16)17(10-26-21)22(31)27-15-8-13-11-29(2)28-19(13)18(23)9-15/h3-4,6,8-11,14,24H,5,7,12H2,1-2H3,(H,27,31). The minimum atomic E-state index is -0.488. The lowest BCUT2D eigenvalue weighted by Crippen LogP contribution is -2.30. The molecule has 0 spiro atoms. The molecule has 1 saturated heterocycles. The summed E-state index contributed by atoms with van der Waals surface area (Å²) in [6, 6.07) is 7.14. The van der Waals surface area contributed by atoms with Crippen molar-refractivity contribution in [1.29, 1.82) is 0 Å². The zero-order valence-electron chi connectivity index (χ0n) is 17.3. The van der Waals surface area contributed by atoms with Gasteiger partial charge >= 0.3 is 0 Å². The van der Waals surface area contributed by atoms with Gasteiger partial charge in [-0.25, -0.2) is 9.37 Å². The number of benzene rings is 1. The van der Waals surface area contributed by atoms with Crippen LogP contribution in [0.25, 0.3) is 21.8 Å². The quantitative estimate of drug-likeness (QED) is 0.529. The Morgan fingerprint density at radius 1 is 1.26 bits per heavy atom. The Morgan fingerprint density at radius 2 is 2.13 bits per heavy atom. The van der Waals surface area contributed by atoms with E-state index in [2.05, 4.69) is 30.6 Å². The van der Waals surface area contributed by atoms with Crippen LogP contribution in [0.1, 0.15) is 16.8 Å². The third-order valence-corrected chi connectivity index (χ3v) is 5.69. The molecule has 9 heteroatoms. The molecule has 3 aromatic heterocycles. The zero-order valence-corrected chi connectivity index (χ0v) is 17.3. The average molecular weight is 419 g/mol. The van der Waals surface area contributed by atoms with Crippen molar-refractivity contribution in [1.82, 2.24) is 25.1 Å². The number of halogens is 1. The van der Waals surface area contributed by atoms with Gasteiger partial charge in [0.1, 0.15) is 11.3 Å². The van der Waals surface area contributed by atoms with Crippen molar-refractivity contribution in [3.05, 3.63) is 54.2 Å². The van der Waals surface area contributed by atoms with Gasteiger partial charge in [0.15, 0.2) is 5.82 Å². The van der Waals surface area contributed by atoms with Crippen LogP contribution >= 0.6 is 0 Å². The fourth-order valence-electron chi connectivity index (χ4n) is 4.15. The predicted molar refractivity (Wildman–Crippen MR) is 118 cm³/mol. The van der Waals surface area contributed by atoms with Crippen LogP contribution in [0.4, 0.5) is 15.9 Å². The molecular formula is C22H22FN7O. The van der Waals surface area contributed by atoms with Gasteiger partial charge in [0.2, 0.25) is 0 Å². The van der Waals surface area contributed by atoms with E-state index in [1.807, 2.05) is 19.2 Å². The normalized spacial score (nSPS) is 16.4. The molecule has 1 aromatic carbocycles. The largest absolute Gasteiger partial charge is 0.354 e. The second-order valence-corrected chi connectivity index (χ2v) is 7.77. The van der Waals surface area contributed by atoms with Crippen LogP contribution in [0.3, 0.4) is 0 Å². The molecule has 158 valence electrons. The number of amides is 1. The van der Waals surface area contributed by atoms with Gasteiger partial charge in [-0.2, -0.15) is 5.10 Å². The molecule has 0 radical (unpaired) electrons. The van der Waals surface area contributed by atoms with Gasteiger partial charge in [0.05, 0.1) is 11.1 Å². The molecule has 1 unspecified atom stereocenters. The molecule has 8 nitrogen and oxygen atoms in total. The van der Waals surface area contributed by atoms with E-state index < -0.39 is 5.82 Å². The Hall–Kier alpha value is -3.59. The molecule has 1 atom stereocenters. The lowest BCUT2D eigenvalue weighted by atomic mass is 10.1. The van der Waals surface area contributed by atoms with Crippen LogP contribution in [-0.4, -0.2) is 51.8 Å². The number of fused-ring (bicyclic) bond motifs is 2. The Balaban J connectivity index is 1.49. The number of aromatic nitrogens is 4. The molecule has 4 heterocycles. The molecule has 1 amide bonds. The van der Waals surface area contributed by atoms with E-state index in [0.717, 1.165) is 30.7 Å². The summed E-state index contributed by atoms with van der Waals surface area (Å²) in [6.07, 6.45) is 5.94. The molecule has 4 aromatic rings. The van der Waals surface area contributed by atoms with Gasteiger partial charge in [-0.3, -0.25) is 14.5 Å². The van der Waals surface area contributed by atoms with E-state index >= 15 is 0 Å². The number of likely N-dealkylation sites (N-methyl/N-ethyl adjacent to an activating group) is 1. The Kier molecular flexibility index (Phi) is 4.74. The minimum absolute atomic E-state index is 0.268. The number of carbonyl (C=O) groups excluding carboxylic acids is 1. The van der Waals surface area contributed by atoms with Gasteiger partial charge in [0, 0.05) is 61.2 Å². The average Bonchev–Trinajstić information content (AvgIpc) is 3.39. The summed E-state index contributed by atoms with van der Waals surface area (Å²) in [7, 11) is 3.68. The molecule has 2 N–H and O–H groups in total. The summed E-state index contributed by atoms with van der Waals surface area (Å²) in [6.45, 7) is 1.74. The molecule has 0 bridgehead atoms. The maximum atomic E-state index is 14.4. The summed E-state index contributed by atoms with van der Waals surface area (Å²) >= 11 is 0. The SMILES string of the molecule is CNC1CCN(c2ncc(C(=O)Nc3cc(F)c4nn(C)cc4c3)c3ncccc23)C1. The van der Waals surface area contributed by atoms with Crippen LogP contribution < -0.4 is 15.5 Å². The lowest BCUT2D eigenvalue weighted by Gasteiger charge is -2.20. The highest BCUT2D eigenvalue weighted by Crippen LogP contribution is 2.29. The highest BCUT2D eigenvalue weighted by molar-refractivity contribution is 6.13. The fraction of sp³-hybridized carbons (Fsp3) is 0.273. The van der Waals surface area contributed by atoms with E-state index in [9.17, 15) is 9.18 Å². The molecule has 1 aliphatic heterocycles. The van der Waals surface area contributed by atoms with Crippen LogP contribution in [0.2, 0.25) is 0 Å². The highest BCUT2D eigenvalue weighted by atomic mass is 19.1. The van der Waals surface area contributed by atoms with Crippen LogP contribution in [0.5, 0.6) is 0 Å². The summed E-state index contributed by atoms with van der Waals surface area (Å²) in [4.78, 5) is 24.3. The number of aryl methyl sites for hydroxylation is 1. The number of rotatable bonds is 4. The molecule has 31 heavy (non-hydrogen) atoms. The van der Waals surface area contributed by atoms with Crippen molar-refractivity contribution in [3.63, 3.8) is 0 Å². The lowest BCUT2D eigenvalue weighted by molar-refractivity contribution is 0.102. The van der Waals surface area contributed by atoms with E-state index in [-0.39, 0.29) is 11.4 Å². The second kappa shape index (κ2) is 7.59. The topological polar surface area (TPSA) is 88.0 Å². The number of carbonyl (C=O) groups is 1. The Bertz CT molecular complexity index is 1300. The minimum Gasteiger partial charge on any atom is -0.354 e. The maximum absolute atomic E-state index is 14.4. The Labute approximate surface area is 178 Å². The fourth-order valence-corrected chi connectivity index (χ4v) is 4.15. The summed E-state index contributed by atoms with van der Waals surface area (Å²) < 4.78 is 15.9. The van der Waals surface area contributed by atoms with E-state index in [0.29, 0.717) is 28.2 Å². The van der Waals surface area contributed by atoms with Crippen LogP contribution in [0, 0.1) is 5.82 Å². The smallest absolute Gasteiger partial charge is 0.259 e. The van der Waals surface area contributed by atoms with E-state index in [4.69, 9.17) is 0 Å². The number of nitrogens with zero attached hydrogens (tertiary/aromatic N) is 5. The van der Waals surface area contributed by atoms with Crippen molar-refractivity contribution in [2.24, 2.45) is 7.05 Å². The molecule has 1 aliphatic rings. The van der Waals surface area contributed by atoms with Gasteiger partial charge in [0.25, 0.3) is 5.91 Å². The van der Waals surface area contributed by atoms with Crippen LogP contribution in [-0.2, 0) is 7.05 Å². The molecular weight excluding hydrogens is 397 g/mol. The second-order valence-electron chi connectivity index (χ2n) is 7.77. The summed E-state index contributed by atoms with van der Waals surface area (Å²) in [5, 5.41) is 11.6. The van der Waals surface area contributed by atoms with Crippen molar-refractivity contribution in [2.75, 3.05) is 30.4 Å². The van der Waals surface area contributed by atoms with Gasteiger partial charge < -0.3 is 15.5 Å². The van der Waals surface area contributed by atoms with Crippen molar-refractivity contribution < 1.29 is 9.18 Å². The van der Waals surface area contributed by atoms with Gasteiger partial charge in [-0.1, -0.05) is 0 Å². The molecule has 0 aliphatic carbocycles. The first-order valence-electron chi connectivity index (χ1n) is 10.1. The molecule has 0 saturated carbocycles. The van der Waals surface area contributed by atoms with Crippen molar-refractivity contribution >= 4 is 39.2 Å². The predicted octanol–water partition coefficient (Wildman–Crippen LogP) is 2.71. The summed E-state index contributed by atoms with van der Waals surface area (Å²) in [5.74, 6) is -0.0573. The first kappa shape index (κ1) is 19.4. The number of hydrogen-bond acceptors (Lipinski definition) is 6. The van der Waals surface area contributed by atoms with E-state index in [1.54, 1.807) is 31.7 Å². The number of pyridine rings is 2. The molecule has 5 rings (SSSR count). The van der Waals surface area contributed by atoms with Crippen molar-refractivity contribution in [2.45, 2.75) is 12.5 Å². The molecule has 1 fully saturated rings. The Morgan fingerprint density at radius 3 is 2.94 bits per heavy atom. The van der Waals surface area contributed by atoms with Gasteiger partial charge in [-0.05, 0) is 37.7 Å². The third kappa shape index (κ3) is 3.46. The number of hydrogen-bond donors (Lipinski definition) is 2. The van der Waals surface area contributed by atoms with Crippen LogP contribution in [0.15, 0.2) is 42.9 Å². The number of nitrogens with one attached hydrogen (secondary N) is 2. The summed E-state index contributed by atoms with van der Waals surface area (Å²) in [5.41, 5.74) is 1.54. The zero-order chi connectivity index (χ0) is 21.5.